The molecule has 0 aliphatic heterocycles. The zero-order valence-corrected chi connectivity index (χ0v) is 13.3. The molecule has 2 aromatic carbocycles. The van der Waals surface area contributed by atoms with Crippen LogP contribution in [-0.2, 0) is 0 Å². The van der Waals surface area contributed by atoms with Gasteiger partial charge in [0.2, 0.25) is 0 Å². The minimum absolute atomic E-state index is 0.548. The maximum Gasteiger partial charge on any atom is 0.105 e. The molecule has 0 aliphatic rings. The van der Waals surface area contributed by atoms with Crippen LogP contribution in [0.4, 0.5) is 0 Å². The molecule has 1 unspecified atom stereocenters. The molecule has 20 heavy (non-hydrogen) atoms. The topological polar surface area (TPSA) is 20.2 Å². The summed E-state index contributed by atoms with van der Waals surface area (Å²) in [7, 11) is 0. The molecule has 0 aromatic heterocycles. The van der Waals surface area contributed by atoms with Crippen LogP contribution in [0.5, 0.6) is 0 Å². The van der Waals surface area contributed by atoms with Crippen LogP contribution in [0.15, 0.2) is 24.3 Å². The average molecular weight is 268 g/mol. The van der Waals surface area contributed by atoms with Crippen molar-refractivity contribution < 1.29 is 5.11 Å². The lowest BCUT2D eigenvalue weighted by atomic mass is 9.86. The van der Waals surface area contributed by atoms with Crippen LogP contribution in [0.2, 0.25) is 0 Å². The van der Waals surface area contributed by atoms with E-state index in [4.69, 9.17) is 0 Å². The largest absolute Gasteiger partial charge is 0.384 e. The van der Waals surface area contributed by atoms with Crippen LogP contribution in [0.1, 0.15) is 50.6 Å². The fraction of sp³-hybridized carbons (Fsp3) is 0.368. The Hall–Kier alpha value is -1.60. The summed E-state index contributed by atoms with van der Waals surface area (Å²) in [5.41, 5.74) is 9.36. The van der Waals surface area contributed by atoms with Crippen molar-refractivity contribution in [1.29, 1.82) is 0 Å². The minimum atomic E-state index is -0.548. The summed E-state index contributed by atoms with van der Waals surface area (Å²) < 4.78 is 0. The van der Waals surface area contributed by atoms with Crippen molar-refractivity contribution in [2.75, 3.05) is 0 Å². The summed E-state index contributed by atoms with van der Waals surface area (Å²) in [4.78, 5) is 0. The highest BCUT2D eigenvalue weighted by molar-refractivity contribution is 5.49. The molecule has 0 amide bonds. The van der Waals surface area contributed by atoms with Gasteiger partial charge in [-0.05, 0) is 86.1 Å². The Morgan fingerprint density at radius 1 is 0.750 bits per heavy atom. The molecule has 0 saturated heterocycles. The van der Waals surface area contributed by atoms with Crippen molar-refractivity contribution in [3.8, 4) is 0 Å². The lowest BCUT2D eigenvalue weighted by Crippen LogP contribution is -2.09. The highest BCUT2D eigenvalue weighted by atomic mass is 16.3. The van der Waals surface area contributed by atoms with E-state index in [2.05, 4.69) is 53.7 Å². The number of aliphatic hydroxyl groups excluding tert-OH is 1. The number of aryl methyl sites for hydroxylation is 3. The lowest BCUT2D eigenvalue weighted by molar-refractivity contribution is 0.217. The van der Waals surface area contributed by atoms with Crippen LogP contribution in [0, 0.1) is 41.5 Å². The van der Waals surface area contributed by atoms with Crippen molar-refractivity contribution in [2.45, 2.75) is 47.6 Å². The maximum absolute atomic E-state index is 10.9. The van der Waals surface area contributed by atoms with E-state index in [-0.39, 0.29) is 0 Å². The van der Waals surface area contributed by atoms with Crippen LogP contribution in [0.25, 0.3) is 0 Å². The molecule has 0 bridgehead atoms. The van der Waals surface area contributed by atoms with Gasteiger partial charge in [0.05, 0.1) is 0 Å². The Morgan fingerprint density at radius 2 is 1.30 bits per heavy atom. The predicted octanol–water partition coefficient (Wildman–Crippen LogP) is 4.62. The van der Waals surface area contributed by atoms with E-state index in [0.717, 1.165) is 11.1 Å². The zero-order chi connectivity index (χ0) is 15.0. The summed E-state index contributed by atoms with van der Waals surface area (Å²) >= 11 is 0. The fourth-order valence-electron chi connectivity index (χ4n) is 2.88. The van der Waals surface area contributed by atoms with Gasteiger partial charge in [0, 0.05) is 0 Å². The number of hydrogen-bond acceptors (Lipinski definition) is 1. The molecule has 0 saturated carbocycles. The molecule has 106 valence electrons. The monoisotopic (exact) mass is 268 g/mol. The summed E-state index contributed by atoms with van der Waals surface area (Å²) in [6.45, 7) is 12.6. The fourth-order valence-corrected chi connectivity index (χ4v) is 2.88. The Kier molecular flexibility index (Phi) is 4.01. The van der Waals surface area contributed by atoms with E-state index < -0.39 is 6.10 Å². The molecular weight excluding hydrogens is 244 g/mol. The molecule has 2 rings (SSSR count). The molecule has 0 spiro atoms. The highest BCUT2D eigenvalue weighted by Gasteiger charge is 2.19. The summed E-state index contributed by atoms with van der Waals surface area (Å²) in [6, 6.07) is 8.34. The lowest BCUT2D eigenvalue weighted by Gasteiger charge is -2.22. The van der Waals surface area contributed by atoms with Gasteiger partial charge < -0.3 is 5.11 Å². The third kappa shape index (κ3) is 2.38. The van der Waals surface area contributed by atoms with Crippen LogP contribution >= 0.6 is 0 Å². The zero-order valence-electron chi connectivity index (χ0n) is 13.3. The molecule has 1 N–H and O–H groups in total. The van der Waals surface area contributed by atoms with Gasteiger partial charge in [-0.1, -0.05) is 24.3 Å². The standard InChI is InChI=1S/C19H24O/c1-11-8-7-9-17(14(11)4)19(20)18-15(5)12(2)10-13(3)16(18)6/h7-10,19-20H,1-6H3. The maximum atomic E-state index is 10.9. The van der Waals surface area contributed by atoms with Gasteiger partial charge in [0.25, 0.3) is 0 Å². The van der Waals surface area contributed by atoms with E-state index in [9.17, 15) is 5.11 Å². The number of aliphatic hydroxyl groups is 1. The van der Waals surface area contributed by atoms with Gasteiger partial charge in [-0.15, -0.1) is 0 Å². The van der Waals surface area contributed by atoms with Gasteiger partial charge in [0.1, 0.15) is 6.10 Å². The van der Waals surface area contributed by atoms with Crippen LogP contribution in [0.3, 0.4) is 0 Å². The normalized spacial score (nSPS) is 12.6. The number of rotatable bonds is 2. The van der Waals surface area contributed by atoms with Crippen molar-refractivity contribution in [3.63, 3.8) is 0 Å². The van der Waals surface area contributed by atoms with Crippen molar-refractivity contribution in [1.82, 2.24) is 0 Å². The Labute approximate surface area is 122 Å². The van der Waals surface area contributed by atoms with Crippen molar-refractivity contribution in [3.05, 3.63) is 68.8 Å². The second-order valence-electron chi connectivity index (χ2n) is 5.87. The minimum Gasteiger partial charge on any atom is -0.384 e. The molecule has 2 aromatic rings. The Bertz CT molecular complexity index is 627. The first kappa shape index (κ1) is 14.8. The first-order valence-corrected chi connectivity index (χ1v) is 7.16. The van der Waals surface area contributed by atoms with E-state index in [1.165, 1.54) is 33.4 Å². The van der Waals surface area contributed by atoms with Gasteiger partial charge in [0.15, 0.2) is 0 Å². The molecule has 1 nitrogen and oxygen atoms in total. The molecule has 0 radical (unpaired) electrons. The summed E-state index contributed by atoms with van der Waals surface area (Å²) in [6.07, 6.45) is -0.548. The first-order chi connectivity index (χ1) is 9.34. The first-order valence-electron chi connectivity index (χ1n) is 7.16. The molecule has 1 atom stereocenters. The second kappa shape index (κ2) is 5.41. The van der Waals surface area contributed by atoms with Crippen molar-refractivity contribution in [2.24, 2.45) is 0 Å². The predicted molar refractivity (Wildman–Crippen MR) is 85.4 cm³/mol. The molecule has 1 heteroatoms. The van der Waals surface area contributed by atoms with Crippen LogP contribution < -0.4 is 0 Å². The summed E-state index contributed by atoms with van der Waals surface area (Å²) in [5, 5.41) is 10.9. The molecule has 0 fully saturated rings. The van der Waals surface area contributed by atoms with E-state index in [1.54, 1.807) is 0 Å². The van der Waals surface area contributed by atoms with Gasteiger partial charge in [-0.2, -0.15) is 0 Å². The van der Waals surface area contributed by atoms with E-state index >= 15 is 0 Å². The van der Waals surface area contributed by atoms with Gasteiger partial charge >= 0.3 is 0 Å². The number of hydrogen-bond donors (Lipinski definition) is 1. The molecule has 0 aliphatic carbocycles. The Morgan fingerprint density at radius 3 is 1.85 bits per heavy atom. The van der Waals surface area contributed by atoms with Gasteiger partial charge in [-0.3, -0.25) is 0 Å². The highest BCUT2D eigenvalue weighted by Crippen LogP contribution is 2.33. The average Bonchev–Trinajstić information content (AvgIpc) is 2.40. The number of benzene rings is 2. The van der Waals surface area contributed by atoms with Crippen molar-refractivity contribution >= 4 is 0 Å². The molecule has 0 heterocycles. The van der Waals surface area contributed by atoms with E-state index in [0.29, 0.717) is 0 Å². The third-order valence-electron chi connectivity index (χ3n) is 4.64. The van der Waals surface area contributed by atoms with E-state index in [1.807, 2.05) is 12.1 Å². The quantitative estimate of drug-likeness (QED) is 0.842. The van der Waals surface area contributed by atoms with Gasteiger partial charge in [-0.25, -0.2) is 0 Å². The molecular formula is C19H24O. The SMILES string of the molecule is Cc1cccc(C(O)c2c(C)c(C)cc(C)c2C)c1C. The summed E-state index contributed by atoms with van der Waals surface area (Å²) in [5.74, 6) is 0. The Balaban J connectivity index is 2.65. The second-order valence-corrected chi connectivity index (χ2v) is 5.87. The third-order valence-corrected chi connectivity index (χ3v) is 4.64. The smallest absolute Gasteiger partial charge is 0.105 e. The van der Waals surface area contributed by atoms with Crippen LogP contribution in [-0.4, -0.2) is 5.11 Å².